The van der Waals surface area contributed by atoms with E-state index in [1.54, 1.807) is 0 Å². The van der Waals surface area contributed by atoms with Crippen molar-refractivity contribution >= 4 is 5.82 Å². The third kappa shape index (κ3) is 3.27. The van der Waals surface area contributed by atoms with Gasteiger partial charge in [-0.05, 0) is 43.2 Å². The van der Waals surface area contributed by atoms with E-state index in [9.17, 15) is 0 Å². The zero-order valence-electron chi connectivity index (χ0n) is 12.7. The molecule has 2 heterocycles. The average Bonchev–Trinajstić information content (AvgIpc) is 2.38. The van der Waals surface area contributed by atoms with Crippen molar-refractivity contribution in [2.75, 3.05) is 11.4 Å². The molecule has 3 heteroatoms. The van der Waals surface area contributed by atoms with Crippen LogP contribution in [-0.4, -0.2) is 23.6 Å². The molecule has 1 aromatic rings. The van der Waals surface area contributed by atoms with Crippen molar-refractivity contribution in [1.82, 2.24) is 4.98 Å². The first-order valence-corrected chi connectivity index (χ1v) is 7.38. The van der Waals surface area contributed by atoms with E-state index in [1.165, 1.54) is 24.8 Å². The molecule has 0 bridgehead atoms. The summed E-state index contributed by atoms with van der Waals surface area (Å²) in [6.07, 6.45) is 5.72. The van der Waals surface area contributed by atoms with Crippen LogP contribution in [0, 0.1) is 0 Å². The van der Waals surface area contributed by atoms with Crippen LogP contribution in [0.5, 0.6) is 0 Å². The second-order valence-electron chi connectivity index (χ2n) is 6.77. The summed E-state index contributed by atoms with van der Waals surface area (Å²) in [5.74, 6) is 1.08. The Morgan fingerprint density at radius 2 is 2.05 bits per heavy atom. The lowest BCUT2D eigenvalue weighted by molar-refractivity contribution is 0.411. The minimum absolute atomic E-state index is 0.161. The predicted octanol–water partition coefficient (Wildman–Crippen LogP) is 3.09. The number of piperidine rings is 1. The van der Waals surface area contributed by atoms with Crippen molar-refractivity contribution in [2.24, 2.45) is 5.73 Å². The molecule has 3 nitrogen and oxygen atoms in total. The summed E-state index contributed by atoms with van der Waals surface area (Å²) in [5, 5.41) is 0. The van der Waals surface area contributed by atoms with Crippen molar-refractivity contribution in [2.45, 2.75) is 64.5 Å². The lowest BCUT2D eigenvalue weighted by Gasteiger charge is -2.39. The van der Waals surface area contributed by atoms with Crippen LogP contribution in [-0.2, 0) is 5.41 Å². The molecule has 19 heavy (non-hydrogen) atoms. The van der Waals surface area contributed by atoms with Crippen LogP contribution in [0.25, 0.3) is 0 Å². The number of hydrogen-bond acceptors (Lipinski definition) is 3. The number of aromatic nitrogens is 1. The van der Waals surface area contributed by atoms with Crippen molar-refractivity contribution in [3.63, 3.8) is 0 Å². The van der Waals surface area contributed by atoms with E-state index in [1.807, 2.05) is 6.20 Å². The van der Waals surface area contributed by atoms with Gasteiger partial charge in [0.25, 0.3) is 0 Å². The molecule has 1 aliphatic rings. The standard InChI is InChI=1S/C16H27N3/c1-12(17)14-7-5-6-10-19(14)15-9-8-13(11-18-15)16(2,3)4/h8-9,11-12,14H,5-7,10,17H2,1-4H3. The van der Waals surface area contributed by atoms with Crippen molar-refractivity contribution in [3.8, 4) is 0 Å². The van der Waals surface area contributed by atoms with Crippen LogP contribution < -0.4 is 10.6 Å². The SMILES string of the molecule is CC(N)C1CCCCN1c1ccc(C(C)(C)C)cn1. The highest BCUT2D eigenvalue weighted by atomic mass is 15.2. The minimum atomic E-state index is 0.161. The first kappa shape index (κ1) is 14.3. The Labute approximate surface area is 117 Å². The number of pyridine rings is 1. The summed E-state index contributed by atoms with van der Waals surface area (Å²) in [7, 11) is 0. The molecule has 2 N–H and O–H groups in total. The van der Waals surface area contributed by atoms with Gasteiger partial charge >= 0.3 is 0 Å². The summed E-state index contributed by atoms with van der Waals surface area (Å²) >= 11 is 0. The highest BCUT2D eigenvalue weighted by Crippen LogP contribution is 2.27. The summed E-state index contributed by atoms with van der Waals surface area (Å²) in [5.41, 5.74) is 7.57. The summed E-state index contributed by atoms with van der Waals surface area (Å²) in [6, 6.07) is 4.99. The monoisotopic (exact) mass is 261 g/mol. The largest absolute Gasteiger partial charge is 0.352 e. The van der Waals surface area contributed by atoms with Gasteiger partial charge in [-0.1, -0.05) is 26.8 Å². The number of nitrogens with two attached hydrogens (primary N) is 1. The fourth-order valence-corrected chi connectivity index (χ4v) is 2.79. The van der Waals surface area contributed by atoms with Gasteiger partial charge in [0.1, 0.15) is 5.82 Å². The van der Waals surface area contributed by atoms with E-state index in [-0.39, 0.29) is 11.5 Å². The molecular weight excluding hydrogens is 234 g/mol. The normalized spacial score (nSPS) is 22.4. The topological polar surface area (TPSA) is 42.1 Å². The van der Waals surface area contributed by atoms with Crippen molar-refractivity contribution in [3.05, 3.63) is 23.9 Å². The van der Waals surface area contributed by atoms with Crippen LogP contribution >= 0.6 is 0 Å². The Hall–Kier alpha value is -1.09. The maximum atomic E-state index is 6.12. The van der Waals surface area contributed by atoms with Gasteiger partial charge < -0.3 is 10.6 Å². The molecule has 2 rings (SSSR count). The predicted molar refractivity (Wildman–Crippen MR) is 81.6 cm³/mol. The fourth-order valence-electron chi connectivity index (χ4n) is 2.79. The molecule has 0 aromatic carbocycles. The van der Waals surface area contributed by atoms with Crippen LogP contribution in [0.3, 0.4) is 0 Å². The van der Waals surface area contributed by atoms with Gasteiger partial charge in [-0.25, -0.2) is 4.98 Å². The molecule has 2 unspecified atom stereocenters. The molecule has 0 saturated carbocycles. The van der Waals surface area contributed by atoms with E-state index in [2.05, 4.69) is 49.7 Å². The molecular formula is C16H27N3. The molecule has 106 valence electrons. The smallest absolute Gasteiger partial charge is 0.128 e. The molecule has 0 amide bonds. The first-order chi connectivity index (χ1) is 8.89. The molecule has 1 saturated heterocycles. The average molecular weight is 261 g/mol. The third-order valence-electron chi connectivity index (χ3n) is 4.06. The highest BCUT2D eigenvalue weighted by molar-refractivity contribution is 5.42. The Bertz CT molecular complexity index is 403. The molecule has 1 fully saturated rings. The molecule has 1 aromatic heterocycles. The Kier molecular flexibility index (Phi) is 4.14. The highest BCUT2D eigenvalue weighted by Gasteiger charge is 2.26. The van der Waals surface area contributed by atoms with E-state index in [4.69, 9.17) is 5.73 Å². The van der Waals surface area contributed by atoms with Gasteiger partial charge in [0.05, 0.1) is 0 Å². The summed E-state index contributed by atoms with van der Waals surface area (Å²) in [6.45, 7) is 9.83. The van der Waals surface area contributed by atoms with Crippen molar-refractivity contribution in [1.29, 1.82) is 0 Å². The van der Waals surface area contributed by atoms with E-state index < -0.39 is 0 Å². The molecule has 2 atom stereocenters. The Morgan fingerprint density at radius 1 is 1.32 bits per heavy atom. The van der Waals surface area contributed by atoms with E-state index in [0.29, 0.717) is 6.04 Å². The molecule has 1 aliphatic heterocycles. The quantitative estimate of drug-likeness (QED) is 0.889. The fraction of sp³-hybridized carbons (Fsp3) is 0.688. The van der Waals surface area contributed by atoms with Crippen molar-refractivity contribution < 1.29 is 0 Å². The van der Waals surface area contributed by atoms with Gasteiger partial charge in [-0.3, -0.25) is 0 Å². The maximum absolute atomic E-state index is 6.12. The molecule has 0 spiro atoms. The van der Waals surface area contributed by atoms with Gasteiger partial charge in [-0.15, -0.1) is 0 Å². The zero-order valence-corrected chi connectivity index (χ0v) is 12.7. The second-order valence-corrected chi connectivity index (χ2v) is 6.77. The first-order valence-electron chi connectivity index (χ1n) is 7.38. The Balaban J connectivity index is 2.20. The maximum Gasteiger partial charge on any atom is 0.128 e. The van der Waals surface area contributed by atoms with Gasteiger partial charge in [0.2, 0.25) is 0 Å². The van der Waals surface area contributed by atoms with Gasteiger partial charge in [-0.2, -0.15) is 0 Å². The van der Waals surface area contributed by atoms with E-state index in [0.717, 1.165) is 12.4 Å². The van der Waals surface area contributed by atoms with Crippen LogP contribution in [0.2, 0.25) is 0 Å². The second kappa shape index (κ2) is 5.49. The third-order valence-corrected chi connectivity index (χ3v) is 4.06. The number of rotatable bonds is 2. The van der Waals surface area contributed by atoms with Crippen LogP contribution in [0.15, 0.2) is 18.3 Å². The summed E-state index contributed by atoms with van der Waals surface area (Å²) in [4.78, 5) is 7.06. The van der Waals surface area contributed by atoms with Crippen LogP contribution in [0.1, 0.15) is 52.5 Å². The Morgan fingerprint density at radius 3 is 2.58 bits per heavy atom. The summed E-state index contributed by atoms with van der Waals surface area (Å²) < 4.78 is 0. The number of anilines is 1. The minimum Gasteiger partial charge on any atom is -0.352 e. The van der Waals surface area contributed by atoms with Crippen LogP contribution in [0.4, 0.5) is 5.82 Å². The zero-order chi connectivity index (χ0) is 14.0. The lowest BCUT2D eigenvalue weighted by Crippen LogP contribution is -2.49. The van der Waals surface area contributed by atoms with Gasteiger partial charge in [0.15, 0.2) is 0 Å². The lowest BCUT2D eigenvalue weighted by atomic mass is 9.88. The molecule has 0 aliphatic carbocycles. The van der Waals surface area contributed by atoms with E-state index >= 15 is 0 Å². The number of hydrogen-bond donors (Lipinski definition) is 1. The van der Waals surface area contributed by atoms with Gasteiger partial charge in [0, 0.05) is 24.8 Å². The number of nitrogens with zero attached hydrogens (tertiary/aromatic N) is 2. The molecule has 0 radical (unpaired) electrons.